The van der Waals surface area contributed by atoms with Crippen LogP contribution in [0.15, 0.2) is 46.0 Å². The largest absolute Gasteiger partial charge is 0.372 e. The molecule has 0 aliphatic heterocycles. The minimum Gasteiger partial charge on any atom is -0.372 e. The normalized spacial score (nSPS) is 13.0. The summed E-state index contributed by atoms with van der Waals surface area (Å²) in [5, 5.41) is 1.07. The van der Waals surface area contributed by atoms with Gasteiger partial charge in [0.2, 0.25) is 0 Å². The third-order valence-electron chi connectivity index (χ3n) is 3.76. The number of benzene rings is 1. The third kappa shape index (κ3) is 3.34. The van der Waals surface area contributed by atoms with Crippen LogP contribution >= 0.6 is 11.3 Å². The van der Waals surface area contributed by atoms with E-state index in [1.807, 2.05) is 24.3 Å². The quantitative estimate of drug-likeness (QED) is 0.843. The summed E-state index contributed by atoms with van der Waals surface area (Å²) < 4.78 is 25.7. The van der Waals surface area contributed by atoms with Gasteiger partial charge in [-0.05, 0) is 43.0 Å². The first-order valence-electron chi connectivity index (χ1n) is 7.37. The molecule has 22 heavy (non-hydrogen) atoms. The second kappa shape index (κ2) is 7.26. The van der Waals surface area contributed by atoms with Gasteiger partial charge in [0.25, 0.3) is 0 Å². The summed E-state index contributed by atoms with van der Waals surface area (Å²) in [5.41, 5.74) is 7.60. The fourth-order valence-electron chi connectivity index (χ4n) is 2.50. The summed E-state index contributed by atoms with van der Waals surface area (Å²) in [6.45, 7) is 6.11. The lowest BCUT2D eigenvalue weighted by molar-refractivity contribution is 0.584. The van der Waals surface area contributed by atoms with Crippen LogP contribution in [0.25, 0.3) is 0 Å². The van der Waals surface area contributed by atoms with Gasteiger partial charge in [0.1, 0.15) is 9.46 Å². The molecule has 0 spiro atoms. The van der Waals surface area contributed by atoms with Gasteiger partial charge in [-0.25, -0.2) is 8.42 Å². The molecule has 0 aliphatic carbocycles. The molecule has 1 aromatic heterocycles. The number of sulfone groups is 1. The minimum atomic E-state index is -3.43. The number of anilines is 1. The van der Waals surface area contributed by atoms with Crippen molar-refractivity contribution in [3.05, 3.63) is 47.3 Å². The Hall–Kier alpha value is -1.37. The molecular formula is C16H22N2O2S2. The second-order valence-corrected chi connectivity index (χ2v) is 8.27. The maximum absolute atomic E-state index is 12.7. The molecule has 2 aromatic rings. The lowest BCUT2D eigenvalue weighted by Gasteiger charge is -2.22. The van der Waals surface area contributed by atoms with Gasteiger partial charge in [-0.3, -0.25) is 0 Å². The summed E-state index contributed by atoms with van der Waals surface area (Å²) in [7, 11) is -3.43. The second-order valence-electron chi connectivity index (χ2n) is 4.97. The molecule has 1 heterocycles. The number of thiophene rings is 1. The molecule has 0 radical (unpaired) electrons. The lowest BCUT2D eigenvalue weighted by atomic mass is 10.1. The summed E-state index contributed by atoms with van der Waals surface area (Å²) in [4.78, 5) is 2.22. The van der Waals surface area contributed by atoms with Gasteiger partial charge in [0, 0.05) is 25.3 Å². The van der Waals surface area contributed by atoms with Gasteiger partial charge in [-0.2, -0.15) is 0 Å². The number of hydrogen-bond donors (Lipinski definition) is 1. The highest BCUT2D eigenvalue weighted by molar-refractivity contribution is 7.93. The Morgan fingerprint density at radius 1 is 1.14 bits per heavy atom. The van der Waals surface area contributed by atoms with E-state index in [2.05, 4.69) is 18.7 Å². The van der Waals surface area contributed by atoms with E-state index in [0.29, 0.717) is 4.21 Å². The van der Waals surface area contributed by atoms with Gasteiger partial charge in [-0.15, -0.1) is 11.3 Å². The van der Waals surface area contributed by atoms with Crippen LogP contribution in [0, 0.1) is 0 Å². The Kier molecular flexibility index (Phi) is 5.61. The molecule has 4 nitrogen and oxygen atoms in total. The van der Waals surface area contributed by atoms with E-state index in [1.54, 1.807) is 17.5 Å². The highest BCUT2D eigenvalue weighted by atomic mass is 32.2. The first kappa shape index (κ1) is 17.0. The average molecular weight is 338 g/mol. The van der Waals surface area contributed by atoms with Crippen molar-refractivity contribution in [3.8, 4) is 0 Å². The molecule has 0 saturated carbocycles. The first-order chi connectivity index (χ1) is 10.5. The molecule has 0 amide bonds. The molecule has 1 atom stereocenters. The molecular weight excluding hydrogens is 316 g/mol. The zero-order valence-corrected chi connectivity index (χ0v) is 14.5. The van der Waals surface area contributed by atoms with Crippen LogP contribution in [0.2, 0.25) is 0 Å². The van der Waals surface area contributed by atoms with Gasteiger partial charge in [0.05, 0.1) is 0 Å². The third-order valence-corrected chi connectivity index (χ3v) is 7.32. The van der Waals surface area contributed by atoms with Crippen LogP contribution in [-0.4, -0.2) is 28.1 Å². The monoisotopic (exact) mass is 338 g/mol. The van der Waals surface area contributed by atoms with E-state index in [-0.39, 0.29) is 6.54 Å². The molecule has 0 bridgehead atoms. The fraction of sp³-hybridized carbons (Fsp3) is 0.375. The number of nitrogens with zero attached hydrogens (tertiary/aromatic N) is 1. The predicted octanol–water partition coefficient (Wildman–Crippen LogP) is 3.07. The Labute approximate surface area is 136 Å². The van der Waals surface area contributed by atoms with Crippen molar-refractivity contribution in [1.82, 2.24) is 0 Å². The van der Waals surface area contributed by atoms with Crippen LogP contribution in [0.4, 0.5) is 5.69 Å². The van der Waals surface area contributed by atoms with Crippen molar-refractivity contribution in [2.24, 2.45) is 5.73 Å². The predicted molar refractivity (Wildman–Crippen MR) is 93.3 cm³/mol. The van der Waals surface area contributed by atoms with Gasteiger partial charge >= 0.3 is 0 Å². The van der Waals surface area contributed by atoms with Crippen LogP contribution < -0.4 is 10.6 Å². The number of hydrogen-bond acceptors (Lipinski definition) is 5. The molecule has 2 rings (SSSR count). The van der Waals surface area contributed by atoms with Gasteiger partial charge < -0.3 is 10.6 Å². The van der Waals surface area contributed by atoms with Crippen LogP contribution in [0.3, 0.4) is 0 Å². The van der Waals surface area contributed by atoms with Crippen LogP contribution in [0.5, 0.6) is 0 Å². The smallest absolute Gasteiger partial charge is 0.195 e. The Bertz CT molecular complexity index is 675. The van der Waals surface area contributed by atoms with Gasteiger partial charge in [-0.1, -0.05) is 18.2 Å². The molecule has 0 aliphatic rings. The molecule has 2 N–H and O–H groups in total. The number of nitrogens with two attached hydrogens (primary N) is 1. The molecule has 120 valence electrons. The zero-order valence-electron chi connectivity index (χ0n) is 12.9. The molecule has 0 fully saturated rings. The maximum Gasteiger partial charge on any atom is 0.195 e. The highest BCUT2D eigenvalue weighted by Gasteiger charge is 2.28. The van der Waals surface area contributed by atoms with Crippen molar-refractivity contribution >= 4 is 26.9 Å². The van der Waals surface area contributed by atoms with E-state index in [1.165, 1.54) is 11.3 Å². The van der Waals surface area contributed by atoms with Crippen molar-refractivity contribution in [1.29, 1.82) is 0 Å². The minimum absolute atomic E-state index is 0.0743. The van der Waals surface area contributed by atoms with E-state index < -0.39 is 15.1 Å². The Morgan fingerprint density at radius 3 is 2.23 bits per heavy atom. The SMILES string of the molecule is CCN(CC)c1ccc([C@H](CN)S(=O)(=O)c2cccs2)cc1. The summed E-state index contributed by atoms with van der Waals surface area (Å²) in [6.07, 6.45) is 0. The Morgan fingerprint density at radius 2 is 1.77 bits per heavy atom. The topological polar surface area (TPSA) is 63.4 Å². The first-order valence-corrected chi connectivity index (χ1v) is 9.79. The average Bonchev–Trinajstić information content (AvgIpc) is 3.05. The summed E-state index contributed by atoms with van der Waals surface area (Å²) in [6, 6.07) is 11.1. The molecule has 0 unspecified atom stereocenters. The maximum atomic E-state index is 12.7. The molecule has 0 saturated heterocycles. The lowest BCUT2D eigenvalue weighted by Crippen LogP contribution is -2.23. The highest BCUT2D eigenvalue weighted by Crippen LogP contribution is 2.31. The van der Waals surface area contributed by atoms with Crippen molar-refractivity contribution in [3.63, 3.8) is 0 Å². The van der Waals surface area contributed by atoms with Crippen molar-refractivity contribution < 1.29 is 8.42 Å². The van der Waals surface area contributed by atoms with Crippen LogP contribution in [0.1, 0.15) is 24.7 Å². The van der Waals surface area contributed by atoms with Crippen LogP contribution in [-0.2, 0) is 9.84 Å². The van der Waals surface area contributed by atoms with Crippen molar-refractivity contribution in [2.75, 3.05) is 24.5 Å². The molecule has 6 heteroatoms. The van der Waals surface area contributed by atoms with E-state index in [4.69, 9.17) is 5.73 Å². The standard InChI is InChI=1S/C16H22N2O2S2/c1-3-18(4-2)14-9-7-13(8-10-14)15(12-17)22(19,20)16-6-5-11-21-16/h5-11,15H,3-4,12,17H2,1-2H3/t15-/m0/s1. The summed E-state index contributed by atoms with van der Waals surface area (Å²) in [5.74, 6) is 0. The number of rotatable bonds is 7. The fourth-order valence-corrected chi connectivity index (χ4v) is 5.31. The van der Waals surface area contributed by atoms with E-state index >= 15 is 0 Å². The zero-order chi connectivity index (χ0) is 16.2. The van der Waals surface area contributed by atoms with Crippen molar-refractivity contribution in [2.45, 2.75) is 23.3 Å². The Balaban J connectivity index is 2.33. The van der Waals surface area contributed by atoms with E-state index in [0.717, 1.165) is 24.3 Å². The molecule has 1 aromatic carbocycles. The van der Waals surface area contributed by atoms with E-state index in [9.17, 15) is 8.42 Å². The summed E-state index contributed by atoms with van der Waals surface area (Å²) >= 11 is 1.23. The van der Waals surface area contributed by atoms with Gasteiger partial charge in [0.15, 0.2) is 9.84 Å².